The van der Waals surface area contributed by atoms with Crippen LogP contribution < -0.4 is 5.32 Å². The molecular formula is C28H41ClN6O2. The normalized spacial score (nSPS) is 18.6. The molecule has 3 amide bonds. The molecule has 3 rings (SSSR count). The van der Waals surface area contributed by atoms with E-state index in [-0.39, 0.29) is 23.9 Å². The second-order valence-electron chi connectivity index (χ2n) is 10.4. The lowest BCUT2D eigenvalue weighted by atomic mass is 9.98. The summed E-state index contributed by atoms with van der Waals surface area (Å²) in [4.78, 5) is 40.9. The van der Waals surface area contributed by atoms with Crippen molar-refractivity contribution in [2.75, 3.05) is 39.3 Å². The van der Waals surface area contributed by atoms with E-state index in [1.807, 2.05) is 47.9 Å². The molecule has 1 aliphatic heterocycles. The molecule has 1 atom stereocenters. The average molecular weight is 529 g/mol. The van der Waals surface area contributed by atoms with Crippen LogP contribution in [0.25, 0.3) is 0 Å². The largest absolute Gasteiger partial charge is 0.356 e. The Labute approximate surface area is 226 Å². The van der Waals surface area contributed by atoms with E-state index in [1.165, 1.54) is 0 Å². The summed E-state index contributed by atoms with van der Waals surface area (Å²) in [5, 5.41) is 3.77. The molecule has 9 heteroatoms. The molecule has 0 unspecified atom stereocenters. The number of carbonyl (C=O) groups excluding carboxylic acids is 2. The second-order valence-corrected chi connectivity index (χ2v) is 10.8. The highest BCUT2D eigenvalue weighted by Crippen LogP contribution is 2.31. The lowest BCUT2D eigenvalue weighted by molar-refractivity contribution is -0.131. The Hall–Kier alpha value is -2.87. The third-order valence-corrected chi connectivity index (χ3v) is 7.10. The minimum Gasteiger partial charge on any atom is -0.356 e. The number of aliphatic imine (C=N–C) groups is 2. The molecule has 1 aromatic rings. The van der Waals surface area contributed by atoms with Gasteiger partial charge in [-0.2, -0.15) is 0 Å². The van der Waals surface area contributed by atoms with Gasteiger partial charge in [-0.3, -0.25) is 9.79 Å². The number of halogens is 1. The molecule has 202 valence electrons. The number of nitrogens with one attached hydrogen (secondary N) is 1. The van der Waals surface area contributed by atoms with Gasteiger partial charge in [0.25, 0.3) is 0 Å². The van der Waals surface area contributed by atoms with Crippen LogP contribution in [0.3, 0.4) is 0 Å². The third kappa shape index (κ3) is 8.06. The SMILES string of the molecule is C=CCN(CCC(=NC=NCC)N1CCN(C(=O)N[C@@H](C)c2cccc(Cl)c2)C(C)(C)C1)C(=O)C1CC1. The number of amides is 3. The fourth-order valence-corrected chi connectivity index (χ4v) is 4.84. The van der Waals surface area contributed by atoms with Crippen LogP contribution in [0.4, 0.5) is 4.79 Å². The predicted octanol–water partition coefficient (Wildman–Crippen LogP) is 4.77. The van der Waals surface area contributed by atoms with E-state index >= 15 is 0 Å². The van der Waals surface area contributed by atoms with Crippen molar-refractivity contribution < 1.29 is 9.59 Å². The number of nitrogens with zero attached hydrogens (tertiary/aromatic N) is 5. The molecule has 1 aliphatic carbocycles. The Bertz CT molecular complexity index is 1020. The van der Waals surface area contributed by atoms with E-state index < -0.39 is 5.54 Å². The zero-order valence-electron chi connectivity index (χ0n) is 22.6. The highest BCUT2D eigenvalue weighted by molar-refractivity contribution is 6.30. The second kappa shape index (κ2) is 13.1. The van der Waals surface area contributed by atoms with Crippen molar-refractivity contribution in [2.45, 2.75) is 58.5 Å². The summed E-state index contributed by atoms with van der Waals surface area (Å²) < 4.78 is 0. The Morgan fingerprint density at radius 3 is 2.70 bits per heavy atom. The van der Waals surface area contributed by atoms with Gasteiger partial charge in [0.1, 0.15) is 12.2 Å². The van der Waals surface area contributed by atoms with Crippen molar-refractivity contribution in [1.82, 2.24) is 20.0 Å². The number of benzene rings is 1. The maximum absolute atomic E-state index is 13.3. The van der Waals surface area contributed by atoms with Gasteiger partial charge in [-0.25, -0.2) is 9.79 Å². The van der Waals surface area contributed by atoms with Gasteiger partial charge in [0.05, 0.1) is 11.6 Å². The first kappa shape index (κ1) is 28.7. The Kier molecular flexibility index (Phi) is 10.1. The van der Waals surface area contributed by atoms with E-state index in [0.29, 0.717) is 50.7 Å². The maximum atomic E-state index is 13.3. The molecule has 0 aromatic heterocycles. The molecule has 1 saturated carbocycles. The molecule has 2 aliphatic rings. The first-order valence-corrected chi connectivity index (χ1v) is 13.6. The van der Waals surface area contributed by atoms with Crippen molar-refractivity contribution in [2.24, 2.45) is 15.9 Å². The number of rotatable bonds is 10. The Balaban J connectivity index is 1.67. The Morgan fingerprint density at radius 2 is 2.08 bits per heavy atom. The topological polar surface area (TPSA) is 80.6 Å². The molecule has 8 nitrogen and oxygen atoms in total. The first-order chi connectivity index (χ1) is 17.7. The Morgan fingerprint density at radius 1 is 1.32 bits per heavy atom. The van der Waals surface area contributed by atoms with Gasteiger partial charge in [-0.1, -0.05) is 29.8 Å². The summed E-state index contributed by atoms with van der Waals surface area (Å²) in [6.07, 6.45) is 5.96. The molecule has 0 radical (unpaired) electrons. The van der Waals surface area contributed by atoms with Gasteiger partial charge in [-0.05, 0) is 58.2 Å². The lowest BCUT2D eigenvalue weighted by Crippen LogP contribution is -2.64. The molecule has 37 heavy (non-hydrogen) atoms. The van der Waals surface area contributed by atoms with Crippen LogP contribution in [0.15, 0.2) is 46.9 Å². The van der Waals surface area contributed by atoms with Crippen LogP contribution >= 0.6 is 11.6 Å². The number of urea groups is 1. The third-order valence-electron chi connectivity index (χ3n) is 6.86. The van der Waals surface area contributed by atoms with Crippen molar-refractivity contribution in [3.05, 3.63) is 47.5 Å². The van der Waals surface area contributed by atoms with E-state index in [4.69, 9.17) is 11.6 Å². The van der Waals surface area contributed by atoms with Crippen LogP contribution in [0.2, 0.25) is 5.02 Å². The molecule has 1 N–H and O–H groups in total. The summed E-state index contributed by atoms with van der Waals surface area (Å²) in [6, 6.07) is 7.28. The van der Waals surface area contributed by atoms with Crippen LogP contribution in [0.1, 0.15) is 58.6 Å². The highest BCUT2D eigenvalue weighted by Gasteiger charge is 2.38. The van der Waals surface area contributed by atoms with Gasteiger partial charge in [0.2, 0.25) is 5.91 Å². The van der Waals surface area contributed by atoms with Gasteiger partial charge < -0.3 is 20.0 Å². The van der Waals surface area contributed by atoms with Crippen LogP contribution in [-0.2, 0) is 4.79 Å². The minimum absolute atomic E-state index is 0.102. The van der Waals surface area contributed by atoms with E-state index in [0.717, 1.165) is 24.2 Å². The fourth-order valence-electron chi connectivity index (χ4n) is 4.64. The van der Waals surface area contributed by atoms with E-state index in [9.17, 15) is 9.59 Å². The molecule has 1 aromatic carbocycles. The fraction of sp³-hybridized carbons (Fsp3) is 0.571. The monoisotopic (exact) mass is 528 g/mol. The minimum atomic E-state index is -0.427. The highest BCUT2D eigenvalue weighted by atomic mass is 35.5. The zero-order valence-corrected chi connectivity index (χ0v) is 23.4. The lowest BCUT2D eigenvalue weighted by Gasteiger charge is -2.48. The van der Waals surface area contributed by atoms with E-state index in [2.05, 4.69) is 40.6 Å². The van der Waals surface area contributed by atoms with Crippen molar-refractivity contribution in [1.29, 1.82) is 0 Å². The molecule has 1 saturated heterocycles. The predicted molar refractivity (Wildman–Crippen MR) is 151 cm³/mol. The molecular weight excluding hydrogens is 488 g/mol. The van der Waals surface area contributed by atoms with Gasteiger partial charge in [0, 0.05) is 56.6 Å². The van der Waals surface area contributed by atoms with Gasteiger partial charge in [-0.15, -0.1) is 6.58 Å². The van der Waals surface area contributed by atoms with Crippen LogP contribution in [-0.4, -0.2) is 83.6 Å². The number of hydrogen-bond acceptors (Lipinski definition) is 3. The number of carbonyl (C=O) groups is 2. The first-order valence-electron chi connectivity index (χ1n) is 13.2. The molecule has 1 heterocycles. The van der Waals surface area contributed by atoms with Crippen molar-refractivity contribution in [3.8, 4) is 0 Å². The molecule has 2 fully saturated rings. The van der Waals surface area contributed by atoms with Gasteiger partial charge >= 0.3 is 6.03 Å². The van der Waals surface area contributed by atoms with Gasteiger partial charge in [0.15, 0.2) is 0 Å². The van der Waals surface area contributed by atoms with Crippen molar-refractivity contribution in [3.63, 3.8) is 0 Å². The standard InChI is InChI=1S/C28H41ClN6O2/c1-6-14-33(26(36)22-11-12-22)15-13-25(31-20-30-7-2)34-16-17-35(28(4,5)19-34)27(37)32-21(3)23-9-8-10-24(29)18-23/h6,8-10,18,20-22H,1,7,11-17,19H2,2-5H3,(H,32,37)/t21-/m0/s1. The summed E-state index contributed by atoms with van der Waals surface area (Å²) in [7, 11) is 0. The zero-order chi connectivity index (χ0) is 27.0. The number of piperazine rings is 1. The average Bonchev–Trinajstić information content (AvgIpc) is 3.69. The summed E-state index contributed by atoms with van der Waals surface area (Å²) in [6.45, 7) is 15.5. The number of hydrogen-bond donors (Lipinski definition) is 1. The summed E-state index contributed by atoms with van der Waals surface area (Å²) in [5.41, 5.74) is 0.538. The molecule has 0 spiro atoms. The van der Waals surface area contributed by atoms with E-state index in [1.54, 1.807) is 12.4 Å². The summed E-state index contributed by atoms with van der Waals surface area (Å²) >= 11 is 6.13. The maximum Gasteiger partial charge on any atom is 0.318 e. The van der Waals surface area contributed by atoms with Crippen LogP contribution in [0, 0.1) is 5.92 Å². The number of amidine groups is 1. The smallest absolute Gasteiger partial charge is 0.318 e. The van der Waals surface area contributed by atoms with Crippen LogP contribution in [0.5, 0.6) is 0 Å². The van der Waals surface area contributed by atoms with Crippen molar-refractivity contribution >= 4 is 35.7 Å². The summed E-state index contributed by atoms with van der Waals surface area (Å²) in [5.74, 6) is 1.25. The quantitative estimate of drug-likeness (QED) is 0.270. The molecule has 0 bridgehead atoms.